The van der Waals surface area contributed by atoms with Gasteiger partial charge in [-0.2, -0.15) is 0 Å². The molecule has 0 saturated heterocycles. The monoisotopic (exact) mass is 158 g/mol. The molecule has 1 nitrogen and oxygen atoms in total. The SMILES string of the molecule is C=C/C(OC)=C(/C)C(=C)Cl. The first-order chi connectivity index (χ1) is 4.63. The largest absolute Gasteiger partial charge is 0.496 e. The highest BCUT2D eigenvalue weighted by molar-refractivity contribution is 6.31. The highest BCUT2D eigenvalue weighted by Crippen LogP contribution is 2.16. The van der Waals surface area contributed by atoms with Crippen molar-refractivity contribution in [2.75, 3.05) is 7.11 Å². The van der Waals surface area contributed by atoms with Crippen LogP contribution in [0.4, 0.5) is 0 Å². The number of hydrogen-bond acceptors (Lipinski definition) is 1. The minimum Gasteiger partial charge on any atom is -0.496 e. The van der Waals surface area contributed by atoms with Crippen LogP contribution in [0, 0.1) is 0 Å². The fourth-order valence-corrected chi connectivity index (χ4v) is 0.616. The van der Waals surface area contributed by atoms with E-state index in [1.165, 1.54) is 0 Å². The summed E-state index contributed by atoms with van der Waals surface area (Å²) in [5, 5.41) is 0.483. The van der Waals surface area contributed by atoms with E-state index in [1.54, 1.807) is 13.2 Å². The molecule has 0 amide bonds. The van der Waals surface area contributed by atoms with Crippen LogP contribution in [0.15, 0.2) is 35.6 Å². The fourth-order valence-electron chi connectivity index (χ4n) is 0.523. The Balaban J connectivity index is 4.59. The third-order valence-electron chi connectivity index (χ3n) is 1.18. The lowest BCUT2D eigenvalue weighted by Crippen LogP contribution is -1.87. The van der Waals surface area contributed by atoms with Gasteiger partial charge in [0.15, 0.2) is 0 Å². The molecule has 0 heterocycles. The lowest BCUT2D eigenvalue weighted by molar-refractivity contribution is 0.303. The summed E-state index contributed by atoms with van der Waals surface area (Å²) in [6.07, 6.45) is 1.60. The maximum absolute atomic E-state index is 5.60. The zero-order valence-electron chi connectivity index (χ0n) is 6.28. The van der Waals surface area contributed by atoms with Crippen molar-refractivity contribution in [2.45, 2.75) is 6.92 Å². The summed E-state index contributed by atoms with van der Waals surface area (Å²) in [6, 6.07) is 0. The van der Waals surface area contributed by atoms with Crippen LogP contribution in [0.5, 0.6) is 0 Å². The molecule has 0 fully saturated rings. The van der Waals surface area contributed by atoms with Gasteiger partial charge in [-0.3, -0.25) is 0 Å². The number of ether oxygens (including phenoxy) is 1. The predicted octanol–water partition coefficient (Wildman–Crippen LogP) is 2.85. The Morgan fingerprint density at radius 2 is 2.10 bits per heavy atom. The van der Waals surface area contributed by atoms with Crippen molar-refractivity contribution in [3.63, 3.8) is 0 Å². The summed E-state index contributed by atoms with van der Waals surface area (Å²) in [7, 11) is 1.57. The Bertz CT molecular complexity index is 180. The average Bonchev–Trinajstić information content (AvgIpc) is 1.90. The summed E-state index contributed by atoms with van der Waals surface area (Å²) in [5.74, 6) is 0.667. The van der Waals surface area contributed by atoms with Gasteiger partial charge in [0.2, 0.25) is 0 Å². The minimum atomic E-state index is 0.483. The highest BCUT2D eigenvalue weighted by Gasteiger charge is 1.98. The van der Waals surface area contributed by atoms with Crippen molar-refractivity contribution in [3.05, 3.63) is 35.6 Å². The molecule has 0 aliphatic heterocycles. The van der Waals surface area contributed by atoms with E-state index >= 15 is 0 Å². The number of methoxy groups -OCH3 is 1. The molecule has 0 atom stereocenters. The van der Waals surface area contributed by atoms with Gasteiger partial charge in [-0.15, -0.1) is 0 Å². The zero-order valence-corrected chi connectivity index (χ0v) is 7.03. The van der Waals surface area contributed by atoms with Crippen molar-refractivity contribution in [1.82, 2.24) is 0 Å². The van der Waals surface area contributed by atoms with Crippen LogP contribution in [-0.4, -0.2) is 7.11 Å². The average molecular weight is 159 g/mol. The molecule has 0 unspecified atom stereocenters. The second-order valence-electron chi connectivity index (χ2n) is 1.80. The smallest absolute Gasteiger partial charge is 0.122 e. The molecular weight excluding hydrogens is 148 g/mol. The Hall–Kier alpha value is -0.690. The van der Waals surface area contributed by atoms with Crippen molar-refractivity contribution in [3.8, 4) is 0 Å². The third-order valence-corrected chi connectivity index (χ3v) is 1.47. The topological polar surface area (TPSA) is 9.23 Å². The van der Waals surface area contributed by atoms with E-state index in [4.69, 9.17) is 16.3 Å². The quantitative estimate of drug-likeness (QED) is 0.454. The van der Waals surface area contributed by atoms with Gasteiger partial charge in [0.25, 0.3) is 0 Å². The Morgan fingerprint density at radius 1 is 1.60 bits per heavy atom. The summed E-state index contributed by atoms with van der Waals surface area (Å²) < 4.78 is 4.94. The number of rotatable bonds is 3. The zero-order chi connectivity index (χ0) is 8.15. The molecule has 0 saturated carbocycles. The standard InChI is InChI=1S/C8H11ClO/c1-5-8(10-4)6(2)7(3)9/h5H,1,3H2,2,4H3/b8-6+. The first kappa shape index (κ1) is 9.31. The first-order valence-electron chi connectivity index (χ1n) is 2.85. The molecule has 2 heteroatoms. The lowest BCUT2D eigenvalue weighted by Gasteiger charge is -2.03. The molecular formula is C8H11ClO. The van der Waals surface area contributed by atoms with E-state index in [2.05, 4.69) is 13.2 Å². The van der Waals surface area contributed by atoms with Gasteiger partial charge in [-0.1, -0.05) is 24.8 Å². The van der Waals surface area contributed by atoms with Crippen LogP contribution in [0.25, 0.3) is 0 Å². The Morgan fingerprint density at radius 3 is 2.20 bits per heavy atom. The van der Waals surface area contributed by atoms with Crippen molar-refractivity contribution >= 4 is 11.6 Å². The molecule has 0 aromatic rings. The second-order valence-corrected chi connectivity index (χ2v) is 2.26. The highest BCUT2D eigenvalue weighted by atomic mass is 35.5. The van der Waals surface area contributed by atoms with Crippen molar-refractivity contribution in [1.29, 1.82) is 0 Å². The van der Waals surface area contributed by atoms with E-state index in [0.717, 1.165) is 5.57 Å². The summed E-state index contributed by atoms with van der Waals surface area (Å²) >= 11 is 5.60. The van der Waals surface area contributed by atoms with Crippen LogP contribution in [0.2, 0.25) is 0 Å². The van der Waals surface area contributed by atoms with Crippen LogP contribution in [0.1, 0.15) is 6.92 Å². The van der Waals surface area contributed by atoms with Gasteiger partial charge >= 0.3 is 0 Å². The molecule has 56 valence electrons. The van der Waals surface area contributed by atoms with Crippen molar-refractivity contribution < 1.29 is 4.74 Å². The van der Waals surface area contributed by atoms with Gasteiger partial charge in [0, 0.05) is 10.6 Å². The normalized spacial score (nSPS) is 11.9. The lowest BCUT2D eigenvalue weighted by atomic mass is 10.2. The minimum absolute atomic E-state index is 0.483. The molecule has 0 aromatic carbocycles. The van der Waals surface area contributed by atoms with Crippen LogP contribution < -0.4 is 0 Å². The van der Waals surface area contributed by atoms with Gasteiger partial charge in [0.05, 0.1) is 7.11 Å². The summed E-state index contributed by atoms with van der Waals surface area (Å²) in [4.78, 5) is 0. The van der Waals surface area contributed by atoms with Gasteiger partial charge in [-0.25, -0.2) is 0 Å². The molecule has 0 aliphatic rings. The fraction of sp³-hybridized carbons (Fsp3) is 0.250. The van der Waals surface area contributed by atoms with E-state index in [1.807, 2.05) is 6.92 Å². The number of allylic oxidation sites excluding steroid dienone is 3. The second kappa shape index (κ2) is 4.18. The number of hydrogen-bond donors (Lipinski definition) is 0. The van der Waals surface area contributed by atoms with E-state index in [9.17, 15) is 0 Å². The van der Waals surface area contributed by atoms with E-state index in [0.29, 0.717) is 10.8 Å². The molecule has 0 spiro atoms. The van der Waals surface area contributed by atoms with Crippen LogP contribution in [0.3, 0.4) is 0 Å². The van der Waals surface area contributed by atoms with Gasteiger partial charge in [-0.05, 0) is 13.0 Å². The molecule has 10 heavy (non-hydrogen) atoms. The van der Waals surface area contributed by atoms with E-state index < -0.39 is 0 Å². The molecule has 0 radical (unpaired) electrons. The number of halogens is 1. The Kier molecular flexibility index (Phi) is 3.89. The van der Waals surface area contributed by atoms with Gasteiger partial charge < -0.3 is 4.74 Å². The maximum Gasteiger partial charge on any atom is 0.122 e. The van der Waals surface area contributed by atoms with Crippen LogP contribution >= 0.6 is 11.6 Å². The van der Waals surface area contributed by atoms with Gasteiger partial charge in [0.1, 0.15) is 5.76 Å². The molecule has 0 rings (SSSR count). The molecule has 0 aliphatic carbocycles. The predicted molar refractivity (Wildman–Crippen MR) is 44.9 cm³/mol. The first-order valence-corrected chi connectivity index (χ1v) is 3.23. The molecule has 0 bridgehead atoms. The Labute approximate surface area is 66.6 Å². The summed E-state index contributed by atoms with van der Waals surface area (Å²) in [5.41, 5.74) is 0.819. The van der Waals surface area contributed by atoms with Crippen LogP contribution in [-0.2, 0) is 4.74 Å². The third kappa shape index (κ3) is 2.28. The van der Waals surface area contributed by atoms with E-state index in [-0.39, 0.29) is 0 Å². The molecule has 0 N–H and O–H groups in total. The molecule has 0 aromatic heterocycles. The summed E-state index contributed by atoms with van der Waals surface area (Å²) in [6.45, 7) is 8.93. The van der Waals surface area contributed by atoms with Crippen molar-refractivity contribution in [2.24, 2.45) is 0 Å². The maximum atomic E-state index is 5.60.